The second-order valence-corrected chi connectivity index (χ2v) is 4.58. The number of ether oxygens (including phenoxy) is 3. The Kier molecular flexibility index (Phi) is 5.37. The summed E-state index contributed by atoms with van der Waals surface area (Å²) in [6.07, 6.45) is 2.93. The van der Waals surface area contributed by atoms with E-state index in [2.05, 4.69) is 10.6 Å². The van der Waals surface area contributed by atoms with E-state index in [0.29, 0.717) is 35.9 Å². The average molecular weight is 306 g/mol. The van der Waals surface area contributed by atoms with Gasteiger partial charge < -0.3 is 24.8 Å². The smallest absolute Gasteiger partial charge is 0.231 e. The van der Waals surface area contributed by atoms with Gasteiger partial charge in [0.1, 0.15) is 0 Å². The zero-order chi connectivity index (χ0) is 15.9. The Bertz CT molecular complexity index is 598. The lowest BCUT2D eigenvalue weighted by Crippen LogP contribution is -2.13. The molecule has 1 aliphatic rings. The van der Waals surface area contributed by atoms with Crippen LogP contribution in [0.2, 0.25) is 0 Å². The molecule has 0 bridgehead atoms. The summed E-state index contributed by atoms with van der Waals surface area (Å²) in [5.74, 6) is 0.461. The summed E-state index contributed by atoms with van der Waals surface area (Å²) in [6.45, 7) is 2.61. The minimum atomic E-state index is -0.268. The Morgan fingerprint density at radius 2 is 2.05 bits per heavy atom. The SMILES string of the molecule is COCCNC=CC(=O)c1cc2c(cc1NC(C)=O)OCO2. The molecule has 1 aliphatic heterocycles. The van der Waals surface area contributed by atoms with Crippen LogP contribution < -0.4 is 20.1 Å². The van der Waals surface area contributed by atoms with E-state index in [1.54, 1.807) is 25.4 Å². The monoisotopic (exact) mass is 306 g/mol. The van der Waals surface area contributed by atoms with E-state index in [4.69, 9.17) is 14.2 Å². The number of methoxy groups -OCH3 is 1. The molecule has 0 aliphatic carbocycles. The molecule has 0 saturated carbocycles. The van der Waals surface area contributed by atoms with Crippen LogP contribution in [0.1, 0.15) is 17.3 Å². The molecule has 7 nitrogen and oxygen atoms in total. The molecule has 1 heterocycles. The molecule has 2 rings (SSSR count). The van der Waals surface area contributed by atoms with Crippen molar-refractivity contribution in [2.24, 2.45) is 0 Å². The predicted molar refractivity (Wildman–Crippen MR) is 80.2 cm³/mol. The van der Waals surface area contributed by atoms with E-state index in [1.807, 2.05) is 0 Å². The van der Waals surface area contributed by atoms with Gasteiger partial charge in [-0.2, -0.15) is 0 Å². The molecule has 1 aromatic carbocycles. The van der Waals surface area contributed by atoms with Crippen molar-refractivity contribution in [2.75, 3.05) is 32.4 Å². The molecule has 0 aromatic heterocycles. The lowest BCUT2D eigenvalue weighted by atomic mass is 10.1. The van der Waals surface area contributed by atoms with Crippen molar-refractivity contribution in [1.29, 1.82) is 0 Å². The molecular formula is C15H18N2O5. The van der Waals surface area contributed by atoms with Crippen LogP contribution >= 0.6 is 0 Å². The first kappa shape index (κ1) is 15.8. The number of carbonyl (C=O) groups is 2. The summed E-state index contributed by atoms with van der Waals surface area (Å²) in [5.41, 5.74) is 0.729. The fraction of sp³-hybridized carbons (Fsp3) is 0.333. The maximum absolute atomic E-state index is 12.3. The van der Waals surface area contributed by atoms with Gasteiger partial charge in [0.15, 0.2) is 17.3 Å². The second kappa shape index (κ2) is 7.46. The molecule has 2 N–H and O–H groups in total. The van der Waals surface area contributed by atoms with Crippen LogP contribution in [-0.4, -0.2) is 38.7 Å². The summed E-state index contributed by atoms with van der Waals surface area (Å²) in [6, 6.07) is 3.15. The number of hydrogen-bond acceptors (Lipinski definition) is 6. The van der Waals surface area contributed by atoms with Crippen LogP contribution in [0.15, 0.2) is 24.4 Å². The molecule has 0 spiro atoms. The number of nitrogens with one attached hydrogen (secondary N) is 2. The molecule has 118 valence electrons. The van der Waals surface area contributed by atoms with Gasteiger partial charge in [-0.25, -0.2) is 0 Å². The zero-order valence-electron chi connectivity index (χ0n) is 12.5. The Morgan fingerprint density at radius 3 is 2.73 bits per heavy atom. The van der Waals surface area contributed by atoms with Crippen LogP contribution in [-0.2, 0) is 9.53 Å². The van der Waals surface area contributed by atoms with E-state index < -0.39 is 0 Å². The number of amides is 1. The van der Waals surface area contributed by atoms with Gasteiger partial charge in [-0.3, -0.25) is 9.59 Å². The third kappa shape index (κ3) is 3.98. The highest BCUT2D eigenvalue weighted by atomic mass is 16.7. The van der Waals surface area contributed by atoms with Gasteiger partial charge in [-0.1, -0.05) is 0 Å². The summed E-state index contributed by atoms with van der Waals surface area (Å²) in [4.78, 5) is 23.6. The highest BCUT2D eigenvalue weighted by Gasteiger charge is 2.20. The lowest BCUT2D eigenvalue weighted by molar-refractivity contribution is -0.114. The molecule has 1 amide bonds. The number of hydrogen-bond donors (Lipinski definition) is 2. The number of anilines is 1. The number of carbonyl (C=O) groups excluding carboxylic acids is 2. The Hall–Kier alpha value is -2.54. The third-order valence-electron chi connectivity index (χ3n) is 2.89. The van der Waals surface area contributed by atoms with Crippen LogP contribution in [0, 0.1) is 0 Å². The Labute approximate surface area is 128 Å². The fourth-order valence-corrected chi connectivity index (χ4v) is 1.91. The second-order valence-electron chi connectivity index (χ2n) is 4.58. The van der Waals surface area contributed by atoms with Gasteiger partial charge >= 0.3 is 0 Å². The van der Waals surface area contributed by atoms with Gasteiger partial charge in [0.25, 0.3) is 0 Å². The van der Waals surface area contributed by atoms with E-state index in [9.17, 15) is 9.59 Å². The molecule has 0 radical (unpaired) electrons. The normalized spacial score (nSPS) is 12.5. The quantitative estimate of drug-likeness (QED) is 0.449. The summed E-state index contributed by atoms with van der Waals surface area (Å²) >= 11 is 0. The number of benzene rings is 1. The van der Waals surface area contributed by atoms with E-state index in [1.165, 1.54) is 13.0 Å². The molecule has 0 unspecified atom stereocenters. The van der Waals surface area contributed by atoms with Gasteiger partial charge in [-0.15, -0.1) is 0 Å². The van der Waals surface area contributed by atoms with Gasteiger partial charge in [0.2, 0.25) is 12.7 Å². The van der Waals surface area contributed by atoms with Crippen LogP contribution in [0.3, 0.4) is 0 Å². The van der Waals surface area contributed by atoms with E-state index in [0.717, 1.165) is 0 Å². The first-order chi connectivity index (χ1) is 10.6. The van der Waals surface area contributed by atoms with Crippen molar-refractivity contribution in [1.82, 2.24) is 5.32 Å². The number of allylic oxidation sites excluding steroid dienone is 1. The molecular weight excluding hydrogens is 288 g/mol. The van der Waals surface area contributed by atoms with Crippen molar-refractivity contribution < 1.29 is 23.8 Å². The van der Waals surface area contributed by atoms with Crippen molar-refractivity contribution >= 4 is 17.4 Å². The Balaban J connectivity index is 2.17. The summed E-state index contributed by atoms with van der Waals surface area (Å²) in [5, 5.41) is 5.55. The van der Waals surface area contributed by atoms with Gasteiger partial charge in [-0.05, 0) is 6.07 Å². The lowest BCUT2D eigenvalue weighted by Gasteiger charge is -2.09. The molecule has 0 saturated heterocycles. The van der Waals surface area contributed by atoms with Crippen molar-refractivity contribution in [3.63, 3.8) is 0 Å². The van der Waals surface area contributed by atoms with Crippen LogP contribution in [0.25, 0.3) is 0 Å². The fourth-order valence-electron chi connectivity index (χ4n) is 1.91. The maximum Gasteiger partial charge on any atom is 0.231 e. The summed E-state index contributed by atoms with van der Waals surface area (Å²) < 4.78 is 15.4. The van der Waals surface area contributed by atoms with Crippen molar-refractivity contribution in [2.45, 2.75) is 6.92 Å². The number of rotatable bonds is 7. The number of fused-ring (bicyclic) bond motifs is 1. The van der Waals surface area contributed by atoms with Crippen molar-refractivity contribution in [3.05, 3.63) is 30.0 Å². The minimum absolute atomic E-state index is 0.0981. The molecule has 0 atom stereocenters. The summed E-state index contributed by atoms with van der Waals surface area (Å²) in [7, 11) is 1.60. The van der Waals surface area contributed by atoms with E-state index >= 15 is 0 Å². The first-order valence-electron chi connectivity index (χ1n) is 6.76. The van der Waals surface area contributed by atoms with Crippen molar-refractivity contribution in [3.8, 4) is 11.5 Å². The molecule has 0 fully saturated rings. The van der Waals surface area contributed by atoms with E-state index in [-0.39, 0.29) is 18.5 Å². The largest absolute Gasteiger partial charge is 0.454 e. The molecule has 22 heavy (non-hydrogen) atoms. The van der Waals surface area contributed by atoms with Crippen LogP contribution in [0.4, 0.5) is 5.69 Å². The zero-order valence-corrected chi connectivity index (χ0v) is 12.5. The third-order valence-corrected chi connectivity index (χ3v) is 2.89. The topological polar surface area (TPSA) is 85.9 Å². The predicted octanol–water partition coefficient (Wildman–Crippen LogP) is 1.31. The van der Waals surface area contributed by atoms with Gasteiger partial charge in [0, 0.05) is 44.5 Å². The first-order valence-corrected chi connectivity index (χ1v) is 6.76. The number of ketones is 1. The highest BCUT2D eigenvalue weighted by molar-refractivity contribution is 6.10. The molecule has 7 heteroatoms. The van der Waals surface area contributed by atoms with Crippen LogP contribution in [0.5, 0.6) is 11.5 Å². The average Bonchev–Trinajstić information content (AvgIpc) is 2.92. The maximum atomic E-state index is 12.3. The van der Waals surface area contributed by atoms with Gasteiger partial charge in [0.05, 0.1) is 12.3 Å². The minimum Gasteiger partial charge on any atom is -0.454 e. The standard InChI is InChI=1S/C15H18N2O5/c1-10(18)17-12-8-15-14(21-9-22-15)7-11(12)13(19)3-4-16-5-6-20-2/h3-4,7-8,16H,5-6,9H2,1-2H3,(H,17,18). The highest BCUT2D eigenvalue weighted by Crippen LogP contribution is 2.37. The Morgan fingerprint density at radius 1 is 1.32 bits per heavy atom. The molecule has 1 aromatic rings.